The van der Waals surface area contributed by atoms with Crippen molar-refractivity contribution in [2.24, 2.45) is 23.5 Å². The van der Waals surface area contributed by atoms with E-state index in [-0.39, 0.29) is 23.6 Å². The second-order valence-electron chi connectivity index (χ2n) is 9.25. The highest BCUT2D eigenvalue weighted by atomic mass is 32.2. The lowest BCUT2D eigenvalue weighted by molar-refractivity contribution is -0.122. The number of sulfone groups is 1. The highest BCUT2D eigenvalue weighted by Gasteiger charge is 2.40. The maximum Gasteiger partial charge on any atom is 0.227 e. The Labute approximate surface area is 163 Å². The molecule has 2 aliphatic rings. The second kappa shape index (κ2) is 7.55. The Balaban J connectivity index is 1.61. The largest absolute Gasteiger partial charge is 0.327 e. The predicted molar refractivity (Wildman–Crippen MR) is 109 cm³/mol. The van der Waals surface area contributed by atoms with Crippen LogP contribution in [0, 0.1) is 17.8 Å². The maximum absolute atomic E-state index is 12.7. The molecule has 3 N–H and O–H groups in total. The van der Waals surface area contributed by atoms with Gasteiger partial charge in [0, 0.05) is 17.6 Å². The van der Waals surface area contributed by atoms with Gasteiger partial charge in [-0.3, -0.25) is 4.79 Å². The second-order valence-corrected chi connectivity index (χ2v) is 12.0. The number of nitrogens with two attached hydrogens (primary N) is 1. The number of nitrogens with one attached hydrogen (secondary N) is 1. The van der Waals surface area contributed by atoms with Gasteiger partial charge in [-0.15, -0.1) is 0 Å². The Hall–Kier alpha value is -1.40. The number of anilines is 1. The van der Waals surface area contributed by atoms with E-state index in [1.165, 1.54) is 6.42 Å². The van der Waals surface area contributed by atoms with Gasteiger partial charge in [0.1, 0.15) is 0 Å². The topological polar surface area (TPSA) is 89.3 Å². The minimum Gasteiger partial charge on any atom is -0.327 e. The van der Waals surface area contributed by atoms with Gasteiger partial charge in [-0.05, 0) is 76.0 Å². The Morgan fingerprint density at radius 3 is 2.19 bits per heavy atom. The van der Waals surface area contributed by atoms with Crippen LogP contribution >= 0.6 is 0 Å². The van der Waals surface area contributed by atoms with Gasteiger partial charge in [-0.1, -0.05) is 18.6 Å². The highest BCUT2D eigenvalue weighted by Crippen LogP contribution is 2.42. The first-order valence-corrected chi connectivity index (χ1v) is 11.6. The third kappa shape index (κ3) is 4.54. The molecule has 27 heavy (non-hydrogen) atoms. The molecule has 0 heterocycles. The van der Waals surface area contributed by atoms with E-state index in [0.717, 1.165) is 36.9 Å². The van der Waals surface area contributed by atoms with Gasteiger partial charge in [0.05, 0.1) is 10.5 Å². The minimum atomic E-state index is -3.22. The van der Waals surface area contributed by atoms with Crippen LogP contribution in [0.2, 0.25) is 0 Å². The first-order valence-electron chi connectivity index (χ1n) is 9.94. The van der Waals surface area contributed by atoms with Gasteiger partial charge in [0.25, 0.3) is 0 Å². The average molecular weight is 393 g/mol. The summed E-state index contributed by atoms with van der Waals surface area (Å²) in [6.07, 6.45) is 5.27. The molecule has 0 aromatic heterocycles. The smallest absolute Gasteiger partial charge is 0.227 e. The fourth-order valence-electron chi connectivity index (χ4n) is 4.37. The standard InChI is InChI=1S/C21H32N2O3S/c1-21(2,3)27(25,26)13-14-7-9-18(10-8-14)23-20(24)17-11-15-5-4-6-16(12-17)19(15)22/h7-10,15-17,19H,4-6,11-13,22H2,1-3H3,(H,23,24). The quantitative estimate of drug-likeness (QED) is 0.821. The Morgan fingerprint density at radius 2 is 1.67 bits per heavy atom. The van der Waals surface area contributed by atoms with E-state index in [1.807, 2.05) is 0 Å². The molecule has 0 radical (unpaired) electrons. The first kappa shape index (κ1) is 20.3. The number of benzene rings is 1. The van der Waals surface area contributed by atoms with Crippen molar-refractivity contribution in [3.8, 4) is 0 Å². The minimum absolute atomic E-state index is 0.00853. The number of carbonyl (C=O) groups is 1. The molecule has 6 heteroatoms. The van der Waals surface area contributed by atoms with Crippen molar-refractivity contribution in [3.63, 3.8) is 0 Å². The van der Waals surface area contributed by atoms with E-state index in [0.29, 0.717) is 11.8 Å². The predicted octanol–water partition coefficient (Wildman–Crippen LogP) is 3.49. The van der Waals surface area contributed by atoms with E-state index in [9.17, 15) is 13.2 Å². The summed E-state index contributed by atoms with van der Waals surface area (Å²) in [4.78, 5) is 12.7. The molecule has 2 saturated carbocycles. The summed E-state index contributed by atoms with van der Waals surface area (Å²) in [5, 5.41) is 3.01. The zero-order valence-corrected chi connectivity index (χ0v) is 17.4. The maximum atomic E-state index is 12.7. The lowest BCUT2D eigenvalue weighted by Crippen LogP contribution is -2.48. The van der Waals surface area contributed by atoms with Crippen LogP contribution in [0.15, 0.2) is 24.3 Å². The van der Waals surface area contributed by atoms with Crippen LogP contribution < -0.4 is 11.1 Å². The van der Waals surface area contributed by atoms with Crippen molar-refractivity contribution < 1.29 is 13.2 Å². The average Bonchev–Trinajstić information content (AvgIpc) is 2.55. The van der Waals surface area contributed by atoms with Gasteiger partial charge in [0.2, 0.25) is 5.91 Å². The summed E-state index contributed by atoms with van der Waals surface area (Å²) in [5.41, 5.74) is 7.77. The molecule has 2 unspecified atom stereocenters. The van der Waals surface area contributed by atoms with Gasteiger partial charge >= 0.3 is 0 Å². The molecule has 0 saturated heterocycles. The number of hydrogen-bond donors (Lipinski definition) is 2. The number of rotatable bonds is 4. The number of fused-ring (bicyclic) bond motifs is 2. The van der Waals surface area contributed by atoms with Crippen molar-refractivity contribution in [1.82, 2.24) is 0 Å². The lowest BCUT2D eigenvalue weighted by atomic mass is 9.65. The summed E-state index contributed by atoms with van der Waals surface area (Å²) in [5.74, 6) is 1.04. The molecular formula is C21H32N2O3S. The fraction of sp³-hybridized carbons (Fsp3) is 0.667. The summed E-state index contributed by atoms with van der Waals surface area (Å²) >= 11 is 0. The zero-order chi connectivity index (χ0) is 19.8. The molecule has 3 rings (SSSR count). The van der Waals surface area contributed by atoms with E-state index in [4.69, 9.17) is 5.73 Å². The number of hydrogen-bond acceptors (Lipinski definition) is 4. The lowest BCUT2D eigenvalue weighted by Gasteiger charge is -2.43. The molecule has 1 aromatic rings. The summed E-state index contributed by atoms with van der Waals surface area (Å²) < 4.78 is 23.9. The zero-order valence-electron chi connectivity index (χ0n) is 16.6. The van der Waals surface area contributed by atoms with Gasteiger partial charge in [-0.2, -0.15) is 0 Å². The van der Waals surface area contributed by atoms with E-state index < -0.39 is 14.6 Å². The van der Waals surface area contributed by atoms with Crippen molar-refractivity contribution in [3.05, 3.63) is 29.8 Å². The molecule has 150 valence electrons. The van der Waals surface area contributed by atoms with Crippen molar-refractivity contribution in [2.75, 3.05) is 5.32 Å². The Bertz CT molecular complexity index is 767. The summed E-state index contributed by atoms with van der Waals surface area (Å²) in [7, 11) is -3.22. The normalized spacial score (nSPS) is 28.6. The van der Waals surface area contributed by atoms with E-state index in [1.54, 1.807) is 45.0 Å². The molecule has 1 aromatic carbocycles. The molecule has 1 amide bonds. The van der Waals surface area contributed by atoms with Gasteiger partial charge < -0.3 is 11.1 Å². The fourth-order valence-corrected chi connectivity index (χ4v) is 5.43. The third-order valence-corrected chi connectivity index (χ3v) is 8.87. The van der Waals surface area contributed by atoms with E-state index >= 15 is 0 Å². The molecule has 5 nitrogen and oxygen atoms in total. The molecule has 2 fully saturated rings. The van der Waals surface area contributed by atoms with Crippen LogP contribution in [0.3, 0.4) is 0 Å². The molecular weight excluding hydrogens is 360 g/mol. The molecule has 0 spiro atoms. The Morgan fingerprint density at radius 1 is 1.11 bits per heavy atom. The molecule has 0 aliphatic heterocycles. The van der Waals surface area contributed by atoms with Crippen LogP contribution in [0.1, 0.15) is 58.4 Å². The van der Waals surface area contributed by atoms with Crippen molar-refractivity contribution in [2.45, 2.75) is 69.4 Å². The van der Waals surface area contributed by atoms with Crippen LogP contribution in [-0.2, 0) is 20.4 Å². The highest BCUT2D eigenvalue weighted by molar-refractivity contribution is 7.91. The van der Waals surface area contributed by atoms with Gasteiger partial charge in [-0.25, -0.2) is 8.42 Å². The molecule has 2 atom stereocenters. The van der Waals surface area contributed by atoms with Crippen LogP contribution in [0.5, 0.6) is 0 Å². The van der Waals surface area contributed by atoms with Crippen molar-refractivity contribution in [1.29, 1.82) is 0 Å². The summed E-state index contributed by atoms with van der Waals surface area (Å²) in [6, 6.07) is 7.41. The Kier molecular flexibility index (Phi) is 5.69. The van der Waals surface area contributed by atoms with Gasteiger partial charge in [0.15, 0.2) is 9.84 Å². The van der Waals surface area contributed by atoms with Crippen LogP contribution in [0.25, 0.3) is 0 Å². The first-order chi connectivity index (χ1) is 12.6. The van der Waals surface area contributed by atoms with E-state index in [2.05, 4.69) is 5.32 Å². The van der Waals surface area contributed by atoms with Crippen LogP contribution in [-0.4, -0.2) is 25.1 Å². The third-order valence-electron chi connectivity index (χ3n) is 6.29. The summed E-state index contributed by atoms with van der Waals surface area (Å²) in [6.45, 7) is 5.13. The number of carbonyl (C=O) groups excluding carboxylic acids is 1. The number of amides is 1. The van der Waals surface area contributed by atoms with Crippen LogP contribution in [0.4, 0.5) is 5.69 Å². The monoisotopic (exact) mass is 392 g/mol. The molecule has 2 aliphatic carbocycles. The van der Waals surface area contributed by atoms with Crippen molar-refractivity contribution >= 4 is 21.4 Å². The SMILES string of the molecule is CC(C)(C)S(=O)(=O)Cc1ccc(NC(=O)C2CC3CCCC(C2)C3N)cc1. The molecule has 2 bridgehead atoms.